The molecule has 0 spiro atoms. The maximum Gasteiger partial charge on any atom is 0.416 e. The highest BCUT2D eigenvalue weighted by molar-refractivity contribution is 5.29. The van der Waals surface area contributed by atoms with Crippen molar-refractivity contribution in [1.82, 2.24) is 9.55 Å². The van der Waals surface area contributed by atoms with Gasteiger partial charge in [-0.1, -0.05) is 18.2 Å². The van der Waals surface area contributed by atoms with Crippen LogP contribution in [-0.2, 0) is 12.7 Å². The smallest absolute Gasteiger partial charge is 0.416 e. The summed E-state index contributed by atoms with van der Waals surface area (Å²) < 4.78 is 57.3. The number of nitrogens with zero attached hydrogens (tertiary/aromatic N) is 2. The summed E-state index contributed by atoms with van der Waals surface area (Å²) in [5.74, 6) is 0.674. The van der Waals surface area contributed by atoms with E-state index >= 15 is 0 Å². The van der Waals surface area contributed by atoms with Gasteiger partial charge in [-0.25, -0.2) is 0 Å². The second-order valence-electron chi connectivity index (χ2n) is 6.30. The predicted molar refractivity (Wildman–Crippen MR) is 95.8 cm³/mol. The van der Waals surface area contributed by atoms with Crippen molar-refractivity contribution in [2.45, 2.75) is 25.1 Å². The zero-order valence-electron chi connectivity index (χ0n) is 14.9. The first-order chi connectivity index (χ1) is 13.9. The Hall–Kier alpha value is -3.49. The molecule has 2 unspecified atom stereocenters. The maximum absolute atomic E-state index is 12.8. The number of aromatic nitrogens is 2. The van der Waals surface area contributed by atoms with Gasteiger partial charge in [-0.3, -0.25) is 9.36 Å². The molecule has 2 atom stereocenters. The van der Waals surface area contributed by atoms with Crippen LogP contribution >= 0.6 is 0 Å². The molecule has 0 fully saturated rings. The van der Waals surface area contributed by atoms with Gasteiger partial charge in [0.1, 0.15) is 11.5 Å². The first-order valence-electron chi connectivity index (χ1n) is 8.68. The number of alkyl halides is 3. The molecule has 6 nitrogen and oxygen atoms in total. The Kier molecular flexibility index (Phi) is 4.87. The summed E-state index contributed by atoms with van der Waals surface area (Å²) in [5, 5.41) is 0. The molecule has 29 heavy (non-hydrogen) atoms. The Labute approximate surface area is 163 Å². The van der Waals surface area contributed by atoms with Crippen molar-refractivity contribution in [2.75, 3.05) is 0 Å². The molecular weight excluding hydrogens is 389 g/mol. The lowest BCUT2D eigenvalue weighted by Crippen LogP contribution is -2.40. The quantitative estimate of drug-likeness (QED) is 0.609. The van der Waals surface area contributed by atoms with Crippen molar-refractivity contribution in [3.05, 3.63) is 82.8 Å². The number of benzene rings is 2. The van der Waals surface area contributed by atoms with E-state index in [9.17, 15) is 18.0 Å². The molecule has 2 heterocycles. The van der Waals surface area contributed by atoms with Crippen molar-refractivity contribution >= 4 is 0 Å². The standard InChI is InChI=1S/C20H15F3N2O4/c21-20(22,23)13-6-8-15(9-7-13)28-18(27-14-4-2-1-3-5-14)16-12-25-11-10-17(26)24-19(25)29-16/h1-11,16,18H,12H2. The topological polar surface area (TPSA) is 62.6 Å². The van der Waals surface area contributed by atoms with Crippen molar-refractivity contribution in [3.8, 4) is 17.5 Å². The van der Waals surface area contributed by atoms with Crippen molar-refractivity contribution in [1.29, 1.82) is 0 Å². The molecule has 3 aromatic rings. The molecule has 4 rings (SSSR count). The molecular formula is C20H15F3N2O4. The fraction of sp³-hybridized carbons (Fsp3) is 0.200. The van der Waals surface area contributed by atoms with Crippen LogP contribution in [0.1, 0.15) is 5.56 Å². The zero-order valence-corrected chi connectivity index (χ0v) is 14.9. The van der Waals surface area contributed by atoms with Gasteiger partial charge in [0.25, 0.3) is 17.9 Å². The molecule has 9 heteroatoms. The van der Waals surface area contributed by atoms with E-state index in [2.05, 4.69) is 4.98 Å². The normalized spacial score (nSPS) is 16.6. The minimum Gasteiger partial charge on any atom is -0.451 e. The average molecular weight is 404 g/mol. The lowest BCUT2D eigenvalue weighted by Gasteiger charge is -2.24. The number of hydrogen-bond acceptors (Lipinski definition) is 5. The molecule has 0 amide bonds. The summed E-state index contributed by atoms with van der Waals surface area (Å²) in [6.45, 7) is 0.292. The Morgan fingerprint density at radius 2 is 1.66 bits per heavy atom. The second-order valence-corrected chi connectivity index (χ2v) is 6.30. The number of para-hydroxylation sites is 1. The summed E-state index contributed by atoms with van der Waals surface area (Å²) in [6, 6.07) is 14.5. The highest BCUT2D eigenvalue weighted by Crippen LogP contribution is 2.31. The van der Waals surface area contributed by atoms with Crippen LogP contribution in [0, 0.1) is 0 Å². The lowest BCUT2D eigenvalue weighted by atomic mass is 10.2. The second kappa shape index (κ2) is 7.50. The monoisotopic (exact) mass is 404 g/mol. The van der Waals surface area contributed by atoms with E-state index in [0.29, 0.717) is 12.3 Å². The molecule has 0 aliphatic carbocycles. The number of ether oxygens (including phenoxy) is 3. The molecule has 150 valence electrons. The molecule has 0 saturated heterocycles. The van der Waals surface area contributed by atoms with Gasteiger partial charge in [0.15, 0.2) is 6.10 Å². The third-order valence-corrected chi connectivity index (χ3v) is 4.21. The average Bonchev–Trinajstić information content (AvgIpc) is 3.11. The molecule has 1 aliphatic heterocycles. The van der Waals surface area contributed by atoms with E-state index in [0.717, 1.165) is 12.1 Å². The van der Waals surface area contributed by atoms with Gasteiger partial charge >= 0.3 is 6.18 Å². The van der Waals surface area contributed by atoms with E-state index in [1.54, 1.807) is 35.0 Å². The van der Waals surface area contributed by atoms with Gasteiger partial charge in [-0.05, 0) is 36.4 Å². The number of hydrogen-bond donors (Lipinski definition) is 0. The Morgan fingerprint density at radius 3 is 2.31 bits per heavy atom. The Morgan fingerprint density at radius 1 is 1.00 bits per heavy atom. The SMILES string of the molecule is O=c1ccn2c(n1)OC(C(Oc1ccccc1)Oc1ccc(C(F)(F)F)cc1)C2. The van der Waals surface area contributed by atoms with Crippen LogP contribution in [0.3, 0.4) is 0 Å². The van der Waals surface area contributed by atoms with Gasteiger partial charge in [0.2, 0.25) is 0 Å². The minimum atomic E-state index is -4.44. The van der Waals surface area contributed by atoms with Crippen molar-refractivity contribution in [2.24, 2.45) is 0 Å². The minimum absolute atomic E-state index is 0.125. The third kappa shape index (κ3) is 4.34. The molecule has 0 bridgehead atoms. The van der Waals surface area contributed by atoms with E-state index in [4.69, 9.17) is 14.2 Å². The van der Waals surface area contributed by atoms with E-state index in [1.807, 2.05) is 6.07 Å². The number of fused-ring (bicyclic) bond motifs is 1. The summed E-state index contributed by atoms with van der Waals surface area (Å²) in [4.78, 5) is 15.2. The van der Waals surface area contributed by atoms with Gasteiger partial charge in [0.05, 0.1) is 12.1 Å². The van der Waals surface area contributed by atoms with Crippen LogP contribution in [0.15, 0.2) is 71.7 Å². The highest BCUT2D eigenvalue weighted by atomic mass is 19.4. The predicted octanol–water partition coefficient (Wildman–Crippen LogP) is 3.51. The molecule has 0 saturated carbocycles. The van der Waals surface area contributed by atoms with E-state index in [-0.39, 0.29) is 11.8 Å². The van der Waals surface area contributed by atoms with Crippen molar-refractivity contribution < 1.29 is 27.4 Å². The summed E-state index contributed by atoms with van der Waals surface area (Å²) in [6.07, 6.45) is -4.56. The Bertz CT molecular complexity index is 1040. The summed E-state index contributed by atoms with van der Waals surface area (Å²) in [7, 11) is 0. The molecule has 2 aromatic carbocycles. The van der Waals surface area contributed by atoms with Crippen molar-refractivity contribution in [3.63, 3.8) is 0 Å². The van der Waals surface area contributed by atoms with E-state index < -0.39 is 29.7 Å². The highest BCUT2D eigenvalue weighted by Gasteiger charge is 2.35. The van der Waals surface area contributed by atoms with E-state index in [1.165, 1.54) is 18.2 Å². The zero-order chi connectivity index (χ0) is 20.4. The molecule has 1 aromatic heterocycles. The fourth-order valence-corrected chi connectivity index (χ4v) is 2.82. The molecule has 1 aliphatic rings. The summed E-state index contributed by atoms with van der Waals surface area (Å²) in [5.41, 5.74) is -1.22. The van der Waals surface area contributed by atoms with Crippen LogP contribution < -0.4 is 19.8 Å². The van der Waals surface area contributed by atoms with Crippen LogP contribution in [0.5, 0.6) is 17.5 Å². The van der Waals surface area contributed by atoms with Gasteiger partial charge in [0, 0.05) is 12.3 Å². The largest absolute Gasteiger partial charge is 0.451 e. The molecule has 0 N–H and O–H groups in total. The third-order valence-electron chi connectivity index (χ3n) is 4.21. The number of rotatable bonds is 5. The first kappa shape index (κ1) is 18.9. The van der Waals surface area contributed by atoms with Crippen LogP contribution in [0.2, 0.25) is 0 Å². The molecule has 0 radical (unpaired) electrons. The van der Waals surface area contributed by atoms with Gasteiger partial charge < -0.3 is 14.2 Å². The number of halogens is 3. The lowest BCUT2D eigenvalue weighted by molar-refractivity contribution is -0.137. The van der Waals surface area contributed by atoms with Crippen LogP contribution in [0.25, 0.3) is 0 Å². The van der Waals surface area contributed by atoms with Crippen LogP contribution in [0.4, 0.5) is 13.2 Å². The fourth-order valence-electron chi connectivity index (χ4n) is 2.82. The first-order valence-corrected chi connectivity index (χ1v) is 8.68. The van der Waals surface area contributed by atoms with Gasteiger partial charge in [-0.2, -0.15) is 18.2 Å². The van der Waals surface area contributed by atoms with Crippen LogP contribution in [-0.4, -0.2) is 21.9 Å². The summed E-state index contributed by atoms with van der Waals surface area (Å²) >= 11 is 0. The Balaban J connectivity index is 1.57. The van der Waals surface area contributed by atoms with Gasteiger partial charge in [-0.15, -0.1) is 0 Å². The maximum atomic E-state index is 12.8.